The summed E-state index contributed by atoms with van der Waals surface area (Å²) >= 11 is 0. The second-order valence-corrected chi connectivity index (χ2v) is 1.56. The maximum absolute atomic E-state index is 9.63. The van der Waals surface area contributed by atoms with E-state index in [0.717, 1.165) is 7.11 Å². The lowest BCUT2D eigenvalue weighted by atomic mass is 10.2. The molecule has 0 bridgehead atoms. The van der Waals surface area contributed by atoms with E-state index in [1.54, 1.807) is 0 Å². The Morgan fingerprint density at radius 1 is 1.29 bits per heavy atom. The number of hydrogen-bond acceptors (Lipinski definition) is 0. The average Bonchev–Trinajstić information content (AvgIpc) is 1.73. The fourth-order valence-corrected chi connectivity index (χ4v) is 0. The van der Waals surface area contributed by atoms with Gasteiger partial charge in [0.2, 0.25) is 0 Å². The van der Waals surface area contributed by atoms with Gasteiger partial charge in [0, 0.05) is 0 Å². The molecule has 0 saturated heterocycles. The molecule has 0 aromatic carbocycles. The zero-order valence-corrected chi connectivity index (χ0v) is 5.10. The van der Waals surface area contributed by atoms with Crippen LogP contribution < -0.4 is 0 Å². The predicted octanol–water partition coefficient (Wildman–Crippen LogP) is 1.12. The van der Waals surface area contributed by atoms with Crippen molar-refractivity contribution in [2.24, 2.45) is 5.92 Å². The zero-order valence-electron chi connectivity index (χ0n) is 5.10. The Morgan fingerprint density at radius 3 is 1.43 bits per heavy atom. The minimum Gasteiger partial charge on any atom is -0.240 e. The first-order valence-corrected chi connectivity index (χ1v) is 2.26. The van der Waals surface area contributed by atoms with Crippen molar-refractivity contribution < 1.29 is 10.2 Å². The van der Waals surface area contributed by atoms with Gasteiger partial charge >= 0.3 is 0 Å². The molecule has 2 radical (unpaired) electrons. The second-order valence-electron chi connectivity index (χ2n) is 1.56. The Balaban J connectivity index is 0. The molecule has 7 heavy (non-hydrogen) atoms. The molecule has 0 aromatic heterocycles. The van der Waals surface area contributed by atoms with Crippen LogP contribution in [0.15, 0.2) is 0 Å². The molecule has 0 saturated carbocycles. The van der Waals surface area contributed by atoms with Crippen LogP contribution in [0.4, 0.5) is 0 Å². The van der Waals surface area contributed by atoms with Crippen LogP contribution in [-0.4, -0.2) is 13.7 Å². The largest absolute Gasteiger partial charge is 0.240 e. The molecule has 0 aliphatic heterocycles. The van der Waals surface area contributed by atoms with Gasteiger partial charge in [0.15, 0.2) is 0 Å². The summed E-state index contributed by atoms with van der Waals surface area (Å²) in [6.07, 6.45) is 0. The van der Waals surface area contributed by atoms with Crippen LogP contribution in [0.1, 0.15) is 13.8 Å². The summed E-state index contributed by atoms with van der Waals surface area (Å²) in [7, 11) is 0.750. The minimum absolute atomic E-state index is 0.0556. The lowest BCUT2D eigenvalue weighted by Gasteiger charge is -1.87. The fraction of sp³-hybridized carbons (Fsp3) is 1.00. The Bertz CT molecular complexity index is 20.0. The standard InChI is InChI=1S/C4H9O.CH3O/c1-4(2)3-5;1-2/h4H,3H2,1-2H3;1H3. The molecule has 0 atom stereocenters. The van der Waals surface area contributed by atoms with Crippen molar-refractivity contribution in [3.8, 4) is 0 Å². The highest BCUT2D eigenvalue weighted by atomic mass is 16.3. The van der Waals surface area contributed by atoms with E-state index in [1.165, 1.54) is 0 Å². The lowest BCUT2D eigenvalue weighted by Crippen LogP contribution is -1.88. The molecule has 44 valence electrons. The van der Waals surface area contributed by atoms with Gasteiger partial charge in [-0.05, 0) is 5.92 Å². The number of hydrogen-bond donors (Lipinski definition) is 0. The van der Waals surface area contributed by atoms with E-state index in [9.17, 15) is 5.11 Å². The molecule has 0 fully saturated rings. The summed E-state index contributed by atoms with van der Waals surface area (Å²) in [6, 6.07) is 0. The molecule has 0 aromatic rings. The van der Waals surface area contributed by atoms with Crippen molar-refractivity contribution >= 4 is 0 Å². The van der Waals surface area contributed by atoms with Crippen LogP contribution in [0.25, 0.3) is 0 Å². The highest BCUT2D eigenvalue weighted by Crippen LogP contribution is 1.84. The third-order valence-electron chi connectivity index (χ3n) is 0.333. The molecular weight excluding hydrogens is 92.1 g/mol. The highest BCUT2D eigenvalue weighted by molar-refractivity contribution is 4.32. The van der Waals surface area contributed by atoms with Gasteiger partial charge in [-0.2, -0.15) is 0 Å². The maximum Gasteiger partial charge on any atom is 0.0845 e. The molecule has 0 N–H and O–H groups in total. The summed E-state index contributed by atoms with van der Waals surface area (Å²) < 4.78 is 0. The third-order valence-corrected chi connectivity index (χ3v) is 0.333. The Labute approximate surface area is 44.8 Å². The van der Waals surface area contributed by atoms with Crippen LogP contribution in [-0.2, 0) is 10.2 Å². The van der Waals surface area contributed by atoms with Crippen molar-refractivity contribution in [1.29, 1.82) is 0 Å². The third kappa shape index (κ3) is 24.7. The van der Waals surface area contributed by atoms with Crippen LogP contribution in [0.5, 0.6) is 0 Å². The van der Waals surface area contributed by atoms with Crippen molar-refractivity contribution in [2.45, 2.75) is 13.8 Å². The molecule has 0 aliphatic rings. The van der Waals surface area contributed by atoms with Crippen molar-refractivity contribution in [1.82, 2.24) is 0 Å². The van der Waals surface area contributed by atoms with Crippen molar-refractivity contribution in [3.63, 3.8) is 0 Å². The summed E-state index contributed by atoms with van der Waals surface area (Å²) in [5.74, 6) is 0.329. The van der Waals surface area contributed by atoms with E-state index in [1.807, 2.05) is 13.8 Å². The summed E-state index contributed by atoms with van der Waals surface area (Å²) in [5.41, 5.74) is 0. The van der Waals surface area contributed by atoms with E-state index in [0.29, 0.717) is 5.92 Å². The molecular formula is C5H12O2. The second kappa shape index (κ2) is 9.33. The normalized spacial score (nSPS) is 7.71. The maximum atomic E-state index is 9.63. The minimum atomic E-state index is 0.0556. The van der Waals surface area contributed by atoms with Gasteiger partial charge in [-0.3, -0.25) is 0 Å². The van der Waals surface area contributed by atoms with Gasteiger partial charge < -0.3 is 0 Å². The molecule has 2 nitrogen and oxygen atoms in total. The van der Waals surface area contributed by atoms with Crippen LogP contribution in [0.2, 0.25) is 0 Å². The fourth-order valence-electron chi connectivity index (χ4n) is 0. The summed E-state index contributed by atoms with van der Waals surface area (Å²) in [6.45, 7) is 3.88. The van der Waals surface area contributed by atoms with E-state index < -0.39 is 0 Å². The topological polar surface area (TPSA) is 39.8 Å². The molecule has 0 rings (SSSR count). The van der Waals surface area contributed by atoms with Gasteiger partial charge in [-0.1, -0.05) is 13.8 Å². The molecule has 2 heteroatoms. The van der Waals surface area contributed by atoms with Gasteiger partial charge in [-0.25, -0.2) is 10.2 Å². The quantitative estimate of drug-likeness (QED) is 0.478. The first-order valence-electron chi connectivity index (χ1n) is 2.26. The number of rotatable bonds is 1. The first-order chi connectivity index (χ1) is 3.27. The Hall–Kier alpha value is -0.0800. The predicted molar refractivity (Wildman–Crippen MR) is 27.0 cm³/mol. The van der Waals surface area contributed by atoms with E-state index in [2.05, 4.69) is 0 Å². The molecule has 0 spiro atoms. The zero-order chi connectivity index (χ0) is 6.28. The van der Waals surface area contributed by atoms with Crippen molar-refractivity contribution in [2.75, 3.05) is 13.7 Å². The average molecular weight is 104 g/mol. The monoisotopic (exact) mass is 104 g/mol. The van der Waals surface area contributed by atoms with E-state index >= 15 is 0 Å². The van der Waals surface area contributed by atoms with E-state index in [-0.39, 0.29) is 6.61 Å². The van der Waals surface area contributed by atoms with E-state index in [4.69, 9.17) is 5.11 Å². The van der Waals surface area contributed by atoms with Crippen LogP contribution in [0.3, 0.4) is 0 Å². The molecule has 0 heterocycles. The molecule has 0 aliphatic carbocycles. The van der Waals surface area contributed by atoms with Gasteiger partial charge in [-0.15, -0.1) is 0 Å². The van der Waals surface area contributed by atoms with Gasteiger partial charge in [0.25, 0.3) is 0 Å². The van der Waals surface area contributed by atoms with Crippen molar-refractivity contribution in [3.05, 3.63) is 0 Å². The lowest BCUT2D eigenvalue weighted by molar-refractivity contribution is 0.158. The van der Waals surface area contributed by atoms with Gasteiger partial charge in [0.1, 0.15) is 0 Å². The Morgan fingerprint density at radius 2 is 1.43 bits per heavy atom. The smallest absolute Gasteiger partial charge is 0.0845 e. The molecule has 0 unspecified atom stereocenters. The van der Waals surface area contributed by atoms with Crippen LogP contribution >= 0.6 is 0 Å². The Kier molecular flexibility index (Phi) is 13.3. The summed E-state index contributed by atoms with van der Waals surface area (Å²) in [5, 5.41) is 17.9. The first kappa shape index (κ1) is 10.0. The summed E-state index contributed by atoms with van der Waals surface area (Å²) in [4.78, 5) is 0. The van der Waals surface area contributed by atoms with Crippen LogP contribution in [0, 0.1) is 5.92 Å². The highest BCUT2D eigenvalue weighted by Gasteiger charge is 1.83. The van der Waals surface area contributed by atoms with Gasteiger partial charge in [0.05, 0.1) is 13.7 Å². The molecule has 0 amide bonds. The SMILES string of the molecule is CC(C)C[O].C[O].